The Morgan fingerprint density at radius 1 is 0.828 bits per heavy atom. The largest absolute Gasteiger partial charge is 0.491 e. The van der Waals surface area contributed by atoms with E-state index in [1.807, 2.05) is 30.3 Å². The van der Waals surface area contributed by atoms with Gasteiger partial charge in [-0.2, -0.15) is 0 Å². The molecular weight excluding hydrogens is 383 g/mol. The molecule has 0 amide bonds. The summed E-state index contributed by atoms with van der Waals surface area (Å²) in [4.78, 5) is 9.97. The van der Waals surface area contributed by atoms with Gasteiger partial charge >= 0.3 is 0 Å². The van der Waals surface area contributed by atoms with Crippen LogP contribution in [0.3, 0.4) is 0 Å². The Labute approximate surface area is 180 Å². The van der Waals surface area contributed by atoms with Crippen molar-refractivity contribution in [1.29, 1.82) is 0 Å². The third-order valence-electron chi connectivity index (χ3n) is 5.74. The summed E-state index contributed by atoms with van der Waals surface area (Å²) in [6, 6.07) is 9.74. The second kappa shape index (κ2) is 14.3. The van der Waals surface area contributed by atoms with E-state index in [0.717, 1.165) is 77.5 Å². The molecule has 2 unspecified atom stereocenters. The number of β-amino-alcohol motifs (C(OH)–C–C–N with tert-alkyl or cyclic N) is 1. The summed E-state index contributed by atoms with van der Waals surface area (Å²) in [5, 5.41) is 10.6. The molecule has 2 atom stereocenters. The second-order valence-electron chi connectivity index (χ2n) is 7.75. The van der Waals surface area contributed by atoms with Crippen LogP contribution in [0.1, 0.15) is 13.8 Å². The number of hydrogen-bond donors (Lipinski definition) is 1. The Kier molecular flexibility index (Phi) is 12.1. The van der Waals surface area contributed by atoms with Gasteiger partial charge in [-0.3, -0.25) is 9.80 Å². The number of rotatable bonds is 8. The van der Waals surface area contributed by atoms with Crippen LogP contribution in [-0.4, -0.2) is 116 Å². The van der Waals surface area contributed by atoms with Gasteiger partial charge in [0.1, 0.15) is 18.5 Å². The normalized spacial score (nSPS) is 20.7. The average molecular weight is 425 g/mol. The molecule has 0 saturated carbocycles. The van der Waals surface area contributed by atoms with Crippen LogP contribution in [0.2, 0.25) is 0 Å². The minimum Gasteiger partial charge on any atom is -0.491 e. The van der Waals surface area contributed by atoms with Crippen molar-refractivity contribution >= 4 is 9.24 Å². The van der Waals surface area contributed by atoms with E-state index in [0.29, 0.717) is 13.2 Å². The molecule has 1 saturated heterocycles. The molecule has 6 nitrogen and oxygen atoms in total. The molecule has 1 aliphatic rings. The van der Waals surface area contributed by atoms with Crippen molar-refractivity contribution in [2.24, 2.45) is 0 Å². The number of hydrogen-bond acceptors (Lipinski definition) is 6. The van der Waals surface area contributed by atoms with E-state index in [1.165, 1.54) is 0 Å². The van der Waals surface area contributed by atoms with Gasteiger partial charge in [-0.25, -0.2) is 0 Å². The van der Waals surface area contributed by atoms with Gasteiger partial charge in [0.05, 0.1) is 0 Å². The van der Waals surface area contributed by atoms with Crippen LogP contribution in [0.15, 0.2) is 30.3 Å². The molecule has 166 valence electrons. The van der Waals surface area contributed by atoms with Crippen LogP contribution >= 0.6 is 9.24 Å². The van der Waals surface area contributed by atoms with Gasteiger partial charge < -0.3 is 19.6 Å². The number of aliphatic hydroxyl groups is 1. The maximum atomic E-state index is 10.6. The highest BCUT2D eigenvalue weighted by Crippen LogP contribution is 2.09. The molecule has 1 aliphatic heterocycles. The van der Waals surface area contributed by atoms with Crippen molar-refractivity contribution < 1.29 is 9.84 Å². The fourth-order valence-electron chi connectivity index (χ4n) is 3.64. The van der Waals surface area contributed by atoms with E-state index in [2.05, 4.69) is 42.7 Å². The van der Waals surface area contributed by atoms with Crippen LogP contribution in [0.5, 0.6) is 5.75 Å². The van der Waals surface area contributed by atoms with Crippen molar-refractivity contribution in [3.8, 4) is 5.75 Å². The third kappa shape index (κ3) is 9.73. The first kappa shape index (κ1) is 24.5. The van der Waals surface area contributed by atoms with E-state index in [1.54, 1.807) is 0 Å². The highest BCUT2D eigenvalue weighted by Gasteiger charge is 2.17. The molecule has 7 heteroatoms. The lowest BCUT2D eigenvalue weighted by Crippen LogP contribution is -2.47. The number of para-hydroxylation sites is 1. The van der Waals surface area contributed by atoms with Crippen LogP contribution < -0.4 is 4.74 Å². The van der Waals surface area contributed by atoms with Gasteiger partial charge in [-0.15, -0.1) is 9.24 Å². The van der Waals surface area contributed by atoms with Gasteiger partial charge in [0.25, 0.3) is 0 Å². The first-order valence-electron chi connectivity index (χ1n) is 11.1. The highest BCUT2D eigenvalue weighted by atomic mass is 31.0. The zero-order valence-electron chi connectivity index (χ0n) is 18.4. The van der Waals surface area contributed by atoms with E-state index >= 15 is 0 Å². The molecule has 1 heterocycles. The Balaban J connectivity index is 1.90. The number of aliphatic hydroxyl groups excluding tert-OH is 1. The van der Waals surface area contributed by atoms with Gasteiger partial charge in [-0.05, 0) is 25.2 Å². The van der Waals surface area contributed by atoms with E-state index < -0.39 is 6.10 Å². The Morgan fingerprint density at radius 3 is 1.79 bits per heavy atom. The van der Waals surface area contributed by atoms with Crippen molar-refractivity contribution in [2.45, 2.75) is 20.0 Å². The van der Waals surface area contributed by atoms with E-state index in [-0.39, 0.29) is 0 Å². The summed E-state index contributed by atoms with van der Waals surface area (Å²) in [5.74, 6) is 0.813. The van der Waals surface area contributed by atoms with Crippen molar-refractivity contribution in [3.63, 3.8) is 0 Å². The van der Waals surface area contributed by atoms with Crippen LogP contribution in [0.25, 0.3) is 0 Å². The summed E-state index contributed by atoms with van der Waals surface area (Å²) in [7, 11) is 2.88. The predicted molar refractivity (Wildman–Crippen MR) is 125 cm³/mol. The molecule has 0 bridgehead atoms. The molecule has 0 aromatic heterocycles. The lowest BCUT2D eigenvalue weighted by molar-refractivity contribution is 0.0578. The van der Waals surface area contributed by atoms with E-state index in [4.69, 9.17) is 4.74 Å². The minimum atomic E-state index is -0.485. The van der Waals surface area contributed by atoms with E-state index in [9.17, 15) is 5.11 Å². The van der Waals surface area contributed by atoms with Crippen LogP contribution in [0.4, 0.5) is 0 Å². The SMILES string of the molecule is CCN1CCN(CP)CCN(CC)CCN(CC(O)COc2ccccc2)CC1. The number of nitrogens with zero attached hydrogens (tertiary/aromatic N) is 4. The van der Waals surface area contributed by atoms with Gasteiger partial charge in [0, 0.05) is 65.2 Å². The molecule has 0 spiro atoms. The molecule has 2 rings (SSSR count). The maximum absolute atomic E-state index is 10.6. The summed E-state index contributed by atoms with van der Waals surface area (Å²) < 4.78 is 5.75. The summed E-state index contributed by atoms with van der Waals surface area (Å²) in [6.07, 6.45) is 0.551. The summed E-state index contributed by atoms with van der Waals surface area (Å²) in [5.41, 5.74) is 0. The number of ether oxygens (including phenoxy) is 1. The number of benzene rings is 1. The lowest BCUT2D eigenvalue weighted by atomic mass is 10.3. The van der Waals surface area contributed by atoms with Crippen molar-refractivity contribution in [1.82, 2.24) is 19.6 Å². The van der Waals surface area contributed by atoms with Crippen LogP contribution in [-0.2, 0) is 0 Å². The topological polar surface area (TPSA) is 42.4 Å². The number of likely N-dealkylation sites (N-methyl/N-ethyl adjacent to an activating group) is 2. The molecule has 0 aliphatic carbocycles. The molecule has 1 aromatic rings. The smallest absolute Gasteiger partial charge is 0.119 e. The molecule has 1 N–H and O–H groups in total. The lowest BCUT2D eigenvalue weighted by Gasteiger charge is -2.34. The van der Waals surface area contributed by atoms with Crippen molar-refractivity contribution in [2.75, 3.05) is 84.9 Å². The maximum Gasteiger partial charge on any atom is 0.119 e. The second-order valence-corrected chi connectivity index (χ2v) is 8.11. The molecule has 1 aromatic carbocycles. The zero-order chi connectivity index (χ0) is 20.9. The summed E-state index contributed by atoms with van der Waals surface area (Å²) >= 11 is 0. The standard InChI is InChI=1S/C22H41N4O2P/c1-3-23-10-14-25(18-21(27)19-28-22-8-6-5-7-9-22)15-11-24(4-2)13-17-26(20-29)16-12-23/h5-9,21,27H,3-4,10-20,29H2,1-2H3. The Bertz CT molecular complexity index is 517. The fourth-order valence-corrected chi connectivity index (χ4v) is 4.00. The third-order valence-corrected chi connectivity index (χ3v) is 6.25. The van der Waals surface area contributed by atoms with Gasteiger partial charge in [0.2, 0.25) is 0 Å². The van der Waals surface area contributed by atoms with Crippen LogP contribution in [0, 0.1) is 0 Å². The predicted octanol–water partition coefficient (Wildman–Crippen LogP) is 1.52. The average Bonchev–Trinajstić information content (AvgIpc) is 2.75. The fraction of sp³-hybridized carbons (Fsp3) is 0.727. The first-order valence-corrected chi connectivity index (χ1v) is 11.9. The molecule has 29 heavy (non-hydrogen) atoms. The minimum absolute atomic E-state index is 0.332. The van der Waals surface area contributed by atoms with Gasteiger partial charge in [0.15, 0.2) is 0 Å². The van der Waals surface area contributed by atoms with Gasteiger partial charge in [-0.1, -0.05) is 32.0 Å². The summed E-state index contributed by atoms with van der Waals surface area (Å²) in [6.45, 7) is 16.1. The Hall–Kier alpha value is -0.750. The monoisotopic (exact) mass is 424 g/mol. The first-order chi connectivity index (χ1) is 14.1. The highest BCUT2D eigenvalue weighted by molar-refractivity contribution is 7.16. The Morgan fingerprint density at radius 2 is 1.31 bits per heavy atom. The molecule has 0 radical (unpaired) electrons. The molecular formula is C22H41N4O2P. The zero-order valence-corrected chi connectivity index (χ0v) is 19.5. The molecule has 1 fully saturated rings. The van der Waals surface area contributed by atoms with Crippen molar-refractivity contribution in [3.05, 3.63) is 30.3 Å². The quantitative estimate of drug-likeness (QED) is 0.639.